The monoisotopic (exact) mass is 436 g/mol. The van der Waals surface area contributed by atoms with Gasteiger partial charge in [0.05, 0.1) is 25.5 Å². The maximum absolute atomic E-state index is 13.5. The number of hydrogen-bond acceptors (Lipinski definition) is 6. The highest BCUT2D eigenvalue weighted by Crippen LogP contribution is 2.37. The summed E-state index contributed by atoms with van der Waals surface area (Å²) in [5.74, 6) is 0.585. The van der Waals surface area contributed by atoms with Gasteiger partial charge in [0.1, 0.15) is 5.58 Å². The van der Waals surface area contributed by atoms with E-state index < -0.39 is 0 Å². The van der Waals surface area contributed by atoms with Crippen LogP contribution in [-0.4, -0.2) is 20.2 Å². The van der Waals surface area contributed by atoms with Crippen LogP contribution in [0.25, 0.3) is 22.3 Å². The predicted octanol–water partition coefficient (Wildman–Crippen LogP) is 5.58. The molecule has 4 rings (SSSR count). The van der Waals surface area contributed by atoms with Gasteiger partial charge in [0.2, 0.25) is 11.2 Å². The van der Waals surface area contributed by atoms with Gasteiger partial charge in [-0.25, -0.2) is 0 Å². The van der Waals surface area contributed by atoms with E-state index in [4.69, 9.17) is 18.6 Å². The molecule has 1 aliphatic rings. The molecular weight excluding hydrogens is 408 g/mol. The molecule has 0 spiro atoms. The minimum Gasteiger partial charge on any atom is -0.493 e. The van der Waals surface area contributed by atoms with Crippen molar-refractivity contribution in [2.75, 3.05) is 14.2 Å². The van der Waals surface area contributed by atoms with Gasteiger partial charge in [0.15, 0.2) is 17.3 Å². The average molecular weight is 437 g/mol. The maximum atomic E-state index is 13.5. The van der Waals surface area contributed by atoms with Gasteiger partial charge in [0.25, 0.3) is 0 Å². The smallest absolute Gasteiger partial charge is 0.314 e. The van der Waals surface area contributed by atoms with Crippen molar-refractivity contribution >= 4 is 16.9 Å². The number of fused-ring (bicyclic) bond motifs is 1. The lowest BCUT2D eigenvalue weighted by Gasteiger charge is -2.20. The van der Waals surface area contributed by atoms with Gasteiger partial charge >= 0.3 is 5.97 Å². The first-order valence-corrected chi connectivity index (χ1v) is 10.9. The summed E-state index contributed by atoms with van der Waals surface area (Å²) < 4.78 is 22.7. The van der Waals surface area contributed by atoms with Gasteiger partial charge < -0.3 is 18.6 Å². The van der Waals surface area contributed by atoms with Crippen LogP contribution in [0.1, 0.15) is 43.2 Å². The number of ether oxygens (including phenoxy) is 3. The number of esters is 1. The number of benzene rings is 2. The molecule has 2 aromatic carbocycles. The lowest BCUT2D eigenvalue weighted by molar-refractivity contribution is -0.140. The lowest BCUT2D eigenvalue weighted by Crippen LogP contribution is -2.25. The molecule has 0 radical (unpaired) electrons. The quantitative estimate of drug-likeness (QED) is 0.486. The Morgan fingerprint density at radius 1 is 0.938 bits per heavy atom. The van der Waals surface area contributed by atoms with Crippen molar-refractivity contribution in [2.45, 2.75) is 46.0 Å². The zero-order valence-electron chi connectivity index (χ0n) is 18.9. The standard InChI is InChI=1S/C26H28O6/c1-15-12-19-21(13-16(15)2)31-24(18-10-11-20(29-3)22(14-18)30-4)25(23(19)27)32-26(28)17-8-6-5-7-9-17/h10-14,17H,5-9H2,1-4H3. The highest BCUT2D eigenvalue weighted by molar-refractivity contribution is 5.86. The Balaban J connectivity index is 1.89. The van der Waals surface area contributed by atoms with Crippen molar-refractivity contribution in [2.24, 2.45) is 5.92 Å². The highest BCUT2D eigenvalue weighted by atomic mass is 16.5. The fourth-order valence-electron chi connectivity index (χ4n) is 4.22. The van der Waals surface area contributed by atoms with Gasteiger partial charge in [-0.2, -0.15) is 0 Å². The molecule has 32 heavy (non-hydrogen) atoms. The van der Waals surface area contributed by atoms with E-state index in [-0.39, 0.29) is 28.8 Å². The first-order valence-electron chi connectivity index (χ1n) is 10.9. The molecule has 6 heteroatoms. The van der Waals surface area contributed by atoms with Crippen LogP contribution in [-0.2, 0) is 4.79 Å². The van der Waals surface area contributed by atoms with E-state index >= 15 is 0 Å². The molecule has 0 saturated heterocycles. The molecule has 1 aromatic heterocycles. The van der Waals surface area contributed by atoms with Crippen LogP contribution < -0.4 is 19.6 Å². The summed E-state index contributed by atoms with van der Waals surface area (Å²) in [6, 6.07) is 8.81. The minimum atomic E-state index is -0.373. The molecular formula is C26H28O6. The van der Waals surface area contributed by atoms with E-state index in [2.05, 4.69) is 0 Å². The second-order valence-corrected chi connectivity index (χ2v) is 8.35. The molecule has 0 amide bonds. The average Bonchev–Trinajstić information content (AvgIpc) is 2.82. The Bertz CT molecular complexity index is 1220. The summed E-state index contributed by atoms with van der Waals surface area (Å²) in [5, 5.41) is 0.392. The van der Waals surface area contributed by atoms with E-state index in [1.54, 1.807) is 31.4 Å². The summed E-state index contributed by atoms with van der Waals surface area (Å²) in [6.45, 7) is 3.89. The van der Waals surface area contributed by atoms with Crippen LogP contribution in [0.15, 0.2) is 39.5 Å². The number of carbonyl (C=O) groups excluding carboxylic acids is 1. The summed E-state index contributed by atoms with van der Waals surface area (Å²) in [6.07, 6.45) is 4.67. The summed E-state index contributed by atoms with van der Waals surface area (Å²) in [7, 11) is 3.09. The molecule has 1 aliphatic carbocycles. The first-order chi connectivity index (χ1) is 15.4. The third-order valence-electron chi connectivity index (χ3n) is 6.25. The van der Waals surface area contributed by atoms with E-state index in [1.165, 1.54) is 7.11 Å². The Morgan fingerprint density at radius 3 is 2.31 bits per heavy atom. The van der Waals surface area contributed by atoms with Crippen molar-refractivity contribution in [3.63, 3.8) is 0 Å². The van der Waals surface area contributed by atoms with Crippen molar-refractivity contribution in [1.29, 1.82) is 0 Å². The van der Waals surface area contributed by atoms with Crippen LogP contribution >= 0.6 is 0 Å². The predicted molar refractivity (Wildman–Crippen MR) is 123 cm³/mol. The number of methoxy groups -OCH3 is 2. The number of aryl methyl sites for hydroxylation is 2. The van der Waals surface area contributed by atoms with Crippen LogP contribution in [0, 0.1) is 19.8 Å². The van der Waals surface area contributed by atoms with Crippen molar-refractivity contribution < 1.29 is 23.4 Å². The third kappa shape index (κ3) is 4.09. The van der Waals surface area contributed by atoms with Crippen LogP contribution in [0.2, 0.25) is 0 Å². The molecule has 0 unspecified atom stereocenters. The van der Waals surface area contributed by atoms with E-state index in [9.17, 15) is 9.59 Å². The molecule has 6 nitrogen and oxygen atoms in total. The Kier molecular flexibility index (Phi) is 6.21. The fourth-order valence-corrected chi connectivity index (χ4v) is 4.22. The van der Waals surface area contributed by atoms with Gasteiger partial charge in [-0.15, -0.1) is 0 Å². The molecule has 1 heterocycles. The molecule has 0 aliphatic heterocycles. The Hall–Kier alpha value is -3.28. The SMILES string of the molecule is COc1ccc(-c2oc3cc(C)c(C)cc3c(=O)c2OC(=O)C2CCCCC2)cc1OC. The molecule has 168 valence electrons. The summed E-state index contributed by atoms with van der Waals surface area (Å²) in [5.41, 5.74) is 2.62. The normalized spacial score (nSPS) is 14.4. The summed E-state index contributed by atoms with van der Waals surface area (Å²) in [4.78, 5) is 26.4. The second kappa shape index (κ2) is 9.07. The van der Waals surface area contributed by atoms with E-state index in [1.807, 2.05) is 19.9 Å². The molecule has 0 N–H and O–H groups in total. The highest BCUT2D eigenvalue weighted by Gasteiger charge is 2.27. The van der Waals surface area contributed by atoms with Crippen molar-refractivity contribution in [3.8, 4) is 28.6 Å². The molecule has 1 fully saturated rings. The fraction of sp³-hybridized carbons (Fsp3) is 0.385. The van der Waals surface area contributed by atoms with E-state index in [0.29, 0.717) is 28.0 Å². The Labute approximate surface area is 187 Å². The van der Waals surface area contributed by atoms with E-state index in [0.717, 1.165) is 43.2 Å². The topological polar surface area (TPSA) is 75.0 Å². The van der Waals surface area contributed by atoms with Gasteiger partial charge in [-0.1, -0.05) is 19.3 Å². The van der Waals surface area contributed by atoms with Crippen molar-refractivity contribution in [3.05, 3.63) is 51.7 Å². The number of carbonyl (C=O) groups is 1. The molecule has 3 aromatic rings. The lowest BCUT2D eigenvalue weighted by atomic mass is 9.89. The number of hydrogen-bond donors (Lipinski definition) is 0. The third-order valence-corrected chi connectivity index (χ3v) is 6.25. The van der Waals surface area contributed by atoms with Crippen LogP contribution in [0.5, 0.6) is 17.2 Å². The van der Waals surface area contributed by atoms with Crippen LogP contribution in [0.3, 0.4) is 0 Å². The molecule has 1 saturated carbocycles. The summed E-state index contributed by atoms with van der Waals surface area (Å²) >= 11 is 0. The number of rotatable bonds is 5. The molecule has 0 atom stereocenters. The van der Waals surface area contributed by atoms with Gasteiger partial charge in [0, 0.05) is 5.56 Å². The Morgan fingerprint density at radius 2 is 1.62 bits per heavy atom. The zero-order valence-corrected chi connectivity index (χ0v) is 18.9. The first kappa shape index (κ1) is 21.9. The molecule has 0 bridgehead atoms. The largest absolute Gasteiger partial charge is 0.493 e. The minimum absolute atomic E-state index is 0.0800. The second-order valence-electron chi connectivity index (χ2n) is 8.35. The van der Waals surface area contributed by atoms with Gasteiger partial charge in [-0.05, 0) is 68.1 Å². The zero-order chi connectivity index (χ0) is 22.8. The van der Waals surface area contributed by atoms with Crippen molar-refractivity contribution in [1.82, 2.24) is 0 Å². The van der Waals surface area contributed by atoms with Gasteiger partial charge in [-0.3, -0.25) is 9.59 Å². The maximum Gasteiger partial charge on any atom is 0.314 e. The van der Waals surface area contributed by atoms with Crippen LogP contribution in [0.4, 0.5) is 0 Å².